The molecule has 5 heteroatoms. The molecule has 0 atom stereocenters. The molecule has 1 aliphatic carbocycles. The highest BCUT2D eigenvalue weighted by atomic mass is 16.5. The zero-order chi connectivity index (χ0) is 12.4. The van der Waals surface area contributed by atoms with Crippen LogP contribution >= 0.6 is 0 Å². The largest absolute Gasteiger partial charge is 0.475 e. The lowest BCUT2D eigenvalue weighted by molar-refractivity contribution is 0.0834. The SMILES string of the molecule is Cc1cc(OC(C)C)nc(NC2CC(O)C2)n1. The monoisotopic (exact) mass is 237 g/mol. The summed E-state index contributed by atoms with van der Waals surface area (Å²) in [5.74, 6) is 1.17. The van der Waals surface area contributed by atoms with E-state index in [1.165, 1.54) is 0 Å². The molecule has 1 aromatic heterocycles. The van der Waals surface area contributed by atoms with Gasteiger partial charge in [0.2, 0.25) is 11.8 Å². The average molecular weight is 237 g/mol. The predicted molar refractivity (Wildman–Crippen MR) is 65.2 cm³/mol. The van der Waals surface area contributed by atoms with Gasteiger partial charge in [0.25, 0.3) is 0 Å². The smallest absolute Gasteiger partial charge is 0.226 e. The number of aryl methyl sites for hydroxylation is 1. The third-order valence-electron chi connectivity index (χ3n) is 2.63. The first-order valence-electron chi connectivity index (χ1n) is 6.00. The molecule has 2 rings (SSSR count). The third-order valence-corrected chi connectivity index (χ3v) is 2.63. The minimum atomic E-state index is -0.177. The summed E-state index contributed by atoms with van der Waals surface area (Å²) in [5.41, 5.74) is 0.873. The molecule has 1 aromatic rings. The van der Waals surface area contributed by atoms with Gasteiger partial charge in [-0.25, -0.2) is 4.98 Å². The molecule has 1 fully saturated rings. The normalized spacial score (nSPS) is 23.4. The predicted octanol–water partition coefficient (Wildman–Crippen LogP) is 1.51. The van der Waals surface area contributed by atoms with Gasteiger partial charge in [0.15, 0.2) is 0 Å². The Labute approximate surface area is 101 Å². The number of anilines is 1. The van der Waals surface area contributed by atoms with Crippen LogP contribution in [-0.4, -0.2) is 33.3 Å². The van der Waals surface area contributed by atoms with Crippen molar-refractivity contribution in [1.82, 2.24) is 9.97 Å². The fourth-order valence-corrected chi connectivity index (χ4v) is 1.79. The standard InChI is InChI=1S/C12H19N3O2/c1-7(2)17-11-4-8(3)13-12(15-11)14-9-5-10(16)6-9/h4,7,9-10,16H,5-6H2,1-3H3,(H,13,14,15). The molecule has 0 saturated heterocycles. The van der Waals surface area contributed by atoms with Gasteiger partial charge >= 0.3 is 0 Å². The van der Waals surface area contributed by atoms with E-state index in [4.69, 9.17) is 4.74 Å². The Bertz CT molecular complexity index is 389. The first-order valence-corrected chi connectivity index (χ1v) is 6.00. The summed E-state index contributed by atoms with van der Waals surface area (Å²) in [6.45, 7) is 5.84. The average Bonchev–Trinajstić information content (AvgIpc) is 2.12. The first-order chi connectivity index (χ1) is 8.02. The van der Waals surface area contributed by atoms with Crippen molar-refractivity contribution in [3.63, 3.8) is 0 Å². The van der Waals surface area contributed by atoms with Crippen LogP contribution in [0.4, 0.5) is 5.95 Å². The van der Waals surface area contributed by atoms with Gasteiger partial charge in [0, 0.05) is 17.8 Å². The second-order valence-corrected chi connectivity index (χ2v) is 4.80. The van der Waals surface area contributed by atoms with Crippen molar-refractivity contribution >= 4 is 5.95 Å². The van der Waals surface area contributed by atoms with Crippen molar-refractivity contribution < 1.29 is 9.84 Å². The maximum absolute atomic E-state index is 9.22. The lowest BCUT2D eigenvalue weighted by atomic mass is 9.90. The van der Waals surface area contributed by atoms with E-state index in [1.807, 2.05) is 26.8 Å². The van der Waals surface area contributed by atoms with Crippen molar-refractivity contribution in [3.05, 3.63) is 11.8 Å². The van der Waals surface area contributed by atoms with Crippen molar-refractivity contribution in [3.8, 4) is 5.88 Å². The highest BCUT2D eigenvalue weighted by Crippen LogP contribution is 2.23. The summed E-state index contributed by atoms with van der Waals surface area (Å²) >= 11 is 0. The molecule has 1 aliphatic rings. The van der Waals surface area contributed by atoms with E-state index >= 15 is 0 Å². The minimum Gasteiger partial charge on any atom is -0.475 e. The van der Waals surface area contributed by atoms with Gasteiger partial charge in [-0.05, 0) is 33.6 Å². The topological polar surface area (TPSA) is 67.3 Å². The fourth-order valence-electron chi connectivity index (χ4n) is 1.79. The van der Waals surface area contributed by atoms with Gasteiger partial charge in [-0.3, -0.25) is 0 Å². The number of aromatic nitrogens is 2. The van der Waals surface area contributed by atoms with Crippen LogP contribution < -0.4 is 10.1 Å². The molecule has 0 bridgehead atoms. The Morgan fingerprint density at radius 2 is 2.12 bits per heavy atom. The zero-order valence-electron chi connectivity index (χ0n) is 10.5. The molecule has 1 heterocycles. The van der Waals surface area contributed by atoms with Gasteiger partial charge in [-0.2, -0.15) is 4.98 Å². The summed E-state index contributed by atoms with van der Waals surface area (Å²) in [5, 5.41) is 12.4. The van der Waals surface area contributed by atoms with Crippen LogP contribution in [0.15, 0.2) is 6.07 Å². The van der Waals surface area contributed by atoms with E-state index in [1.54, 1.807) is 0 Å². The Balaban J connectivity index is 2.03. The molecule has 5 nitrogen and oxygen atoms in total. The van der Waals surface area contributed by atoms with Crippen molar-refractivity contribution in [2.24, 2.45) is 0 Å². The molecule has 17 heavy (non-hydrogen) atoms. The van der Waals surface area contributed by atoms with Crippen molar-refractivity contribution in [2.45, 2.75) is 51.9 Å². The molecule has 0 unspecified atom stereocenters. The van der Waals surface area contributed by atoms with Crippen LogP contribution in [0.3, 0.4) is 0 Å². The first kappa shape index (κ1) is 12.1. The number of nitrogens with one attached hydrogen (secondary N) is 1. The second kappa shape index (κ2) is 4.87. The van der Waals surface area contributed by atoms with E-state index in [9.17, 15) is 5.11 Å². The number of hydrogen-bond acceptors (Lipinski definition) is 5. The number of ether oxygens (including phenoxy) is 1. The Morgan fingerprint density at radius 3 is 2.71 bits per heavy atom. The summed E-state index contributed by atoms with van der Waals surface area (Å²) < 4.78 is 5.55. The molecule has 0 spiro atoms. The summed E-state index contributed by atoms with van der Waals surface area (Å²) in [6, 6.07) is 2.10. The van der Waals surface area contributed by atoms with Crippen LogP contribution in [-0.2, 0) is 0 Å². The summed E-state index contributed by atoms with van der Waals surface area (Å²) in [6.07, 6.45) is 1.45. The quantitative estimate of drug-likeness (QED) is 0.830. The van der Waals surface area contributed by atoms with Crippen molar-refractivity contribution in [2.75, 3.05) is 5.32 Å². The molecular weight excluding hydrogens is 218 g/mol. The van der Waals surface area contributed by atoms with E-state index in [0.29, 0.717) is 11.8 Å². The summed E-state index contributed by atoms with van der Waals surface area (Å²) in [7, 11) is 0. The molecule has 1 saturated carbocycles. The van der Waals surface area contributed by atoms with E-state index in [0.717, 1.165) is 18.5 Å². The van der Waals surface area contributed by atoms with Gasteiger partial charge in [-0.1, -0.05) is 0 Å². The van der Waals surface area contributed by atoms with Crippen LogP contribution in [0, 0.1) is 6.92 Å². The molecule has 0 aliphatic heterocycles. The second-order valence-electron chi connectivity index (χ2n) is 4.80. The van der Waals surface area contributed by atoms with Gasteiger partial charge in [-0.15, -0.1) is 0 Å². The molecule has 0 radical (unpaired) electrons. The Hall–Kier alpha value is -1.36. The number of aliphatic hydroxyl groups excluding tert-OH is 1. The summed E-state index contributed by atoms with van der Waals surface area (Å²) in [4.78, 5) is 8.60. The van der Waals surface area contributed by atoms with E-state index in [2.05, 4.69) is 15.3 Å². The molecule has 2 N–H and O–H groups in total. The van der Waals surface area contributed by atoms with Gasteiger partial charge in [0.05, 0.1) is 12.2 Å². The van der Waals surface area contributed by atoms with Crippen LogP contribution in [0.5, 0.6) is 5.88 Å². The Morgan fingerprint density at radius 1 is 1.41 bits per heavy atom. The Kier molecular flexibility index (Phi) is 3.47. The van der Waals surface area contributed by atoms with E-state index < -0.39 is 0 Å². The maximum atomic E-state index is 9.22. The highest BCUT2D eigenvalue weighted by Gasteiger charge is 2.27. The number of nitrogens with zero attached hydrogens (tertiary/aromatic N) is 2. The zero-order valence-corrected chi connectivity index (χ0v) is 10.5. The van der Waals surface area contributed by atoms with Gasteiger partial charge < -0.3 is 15.2 Å². The lowest BCUT2D eigenvalue weighted by Gasteiger charge is -2.31. The number of aliphatic hydroxyl groups is 1. The molecule has 94 valence electrons. The van der Waals surface area contributed by atoms with Crippen LogP contribution in [0.2, 0.25) is 0 Å². The lowest BCUT2D eigenvalue weighted by Crippen LogP contribution is -2.39. The van der Waals surface area contributed by atoms with Gasteiger partial charge in [0.1, 0.15) is 0 Å². The third kappa shape index (κ3) is 3.30. The van der Waals surface area contributed by atoms with Crippen LogP contribution in [0.1, 0.15) is 32.4 Å². The van der Waals surface area contributed by atoms with Crippen molar-refractivity contribution in [1.29, 1.82) is 0 Å². The fraction of sp³-hybridized carbons (Fsp3) is 0.667. The highest BCUT2D eigenvalue weighted by molar-refractivity contribution is 5.32. The maximum Gasteiger partial charge on any atom is 0.226 e. The minimum absolute atomic E-state index is 0.0997. The molecule has 0 aromatic carbocycles. The number of rotatable bonds is 4. The number of hydrogen-bond donors (Lipinski definition) is 2. The molecule has 0 amide bonds. The van der Waals surface area contributed by atoms with Crippen LogP contribution in [0.25, 0.3) is 0 Å². The van der Waals surface area contributed by atoms with E-state index in [-0.39, 0.29) is 18.2 Å². The molecular formula is C12H19N3O2.